The van der Waals surface area contributed by atoms with Crippen LogP contribution in [-0.4, -0.2) is 80.7 Å². The molecule has 1 N–H and O–H groups in total. The molecule has 2 aromatic rings. The minimum absolute atomic E-state index is 0.0974. The highest BCUT2D eigenvalue weighted by atomic mass is 32.2. The number of hydrogen-bond acceptors (Lipinski definition) is 5. The average Bonchev–Trinajstić information content (AvgIpc) is 2.80. The molecule has 0 aromatic heterocycles. The van der Waals surface area contributed by atoms with Crippen LogP contribution in [0.4, 0.5) is 5.69 Å². The van der Waals surface area contributed by atoms with Gasteiger partial charge in [-0.05, 0) is 57.3 Å². The Balaban J connectivity index is 1.77. The van der Waals surface area contributed by atoms with Gasteiger partial charge < -0.3 is 15.1 Å². The summed E-state index contributed by atoms with van der Waals surface area (Å²) in [6.07, 6.45) is 0. The number of benzene rings is 2. The maximum atomic E-state index is 13.0. The van der Waals surface area contributed by atoms with Gasteiger partial charge in [0.15, 0.2) is 0 Å². The fourth-order valence-corrected chi connectivity index (χ4v) is 5.07. The molecule has 3 rings (SSSR count). The highest BCUT2D eigenvalue weighted by Crippen LogP contribution is 2.20. The number of nitrogens with zero attached hydrogens (tertiary/aromatic N) is 3. The zero-order chi connectivity index (χ0) is 23.3. The molecule has 172 valence electrons. The van der Waals surface area contributed by atoms with Crippen LogP contribution in [0.3, 0.4) is 0 Å². The third kappa shape index (κ3) is 5.35. The first-order valence-corrected chi connectivity index (χ1v) is 12.2. The average molecular weight is 459 g/mol. The summed E-state index contributed by atoms with van der Waals surface area (Å²) in [5.41, 5.74) is 1.19. The molecule has 1 heterocycles. The molecule has 0 unspecified atom stereocenters. The molecule has 1 aliphatic rings. The Morgan fingerprint density at radius 3 is 2.22 bits per heavy atom. The van der Waals surface area contributed by atoms with Gasteiger partial charge in [-0.15, -0.1) is 0 Å². The summed E-state index contributed by atoms with van der Waals surface area (Å²) >= 11 is 0. The number of likely N-dealkylation sites (N-methyl/N-ethyl adjacent to an activating group) is 1. The van der Waals surface area contributed by atoms with Crippen molar-refractivity contribution in [1.82, 2.24) is 14.1 Å². The van der Waals surface area contributed by atoms with Crippen molar-refractivity contribution >= 4 is 27.5 Å². The molecule has 0 atom stereocenters. The molecule has 1 aliphatic heterocycles. The number of carbonyl (C=O) groups is 2. The van der Waals surface area contributed by atoms with Gasteiger partial charge in [-0.1, -0.05) is 12.1 Å². The summed E-state index contributed by atoms with van der Waals surface area (Å²) in [4.78, 5) is 29.3. The number of hydrogen-bond donors (Lipinski definition) is 1. The van der Waals surface area contributed by atoms with Gasteiger partial charge >= 0.3 is 0 Å². The molecule has 8 nitrogen and oxygen atoms in total. The van der Waals surface area contributed by atoms with Crippen LogP contribution >= 0.6 is 0 Å². The maximum Gasteiger partial charge on any atom is 0.255 e. The summed E-state index contributed by atoms with van der Waals surface area (Å²) in [5.74, 6) is -0.542. The predicted octanol–water partition coefficient (Wildman–Crippen LogP) is 2.36. The van der Waals surface area contributed by atoms with Gasteiger partial charge in [0.2, 0.25) is 10.0 Å². The number of rotatable bonds is 7. The van der Waals surface area contributed by atoms with Crippen molar-refractivity contribution in [2.75, 3.05) is 51.6 Å². The molecule has 0 saturated carbocycles. The summed E-state index contributed by atoms with van der Waals surface area (Å²) in [6.45, 7) is 7.20. The minimum Gasteiger partial charge on any atom is -0.339 e. The standard InChI is InChI=1S/C23H30N4O4S/c1-4-26(5-2)23(29)19-9-6-10-20(16-19)24-22(28)18-8-7-11-21(17-18)32(30,31)27-14-12-25(3)13-15-27/h6-11,16-17H,4-5,12-15H2,1-3H3,(H,24,28). The van der Waals surface area contributed by atoms with Crippen LogP contribution in [0.15, 0.2) is 53.4 Å². The maximum absolute atomic E-state index is 13.0. The first-order valence-electron chi connectivity index (χ1n) is 10.8. The fourth-order valence-electron chi connectivity index (χ4n) is 3.60. The lowest BCUT2D eigenvalue weighted by Gasteiger charge is -2.31. The van der Waals surface area contributed by atoms with Gasteiger partial charge in [0, 0.05) is 56.1 Å². The van der Waals surface area contributed by atoms with Crippen LogP contribution in [0.2, 0.25) is 0 Å². The molecule has 0 aliphatic carbocycles. The lowest BCUT2D eigenvalue weighted by Crippen LogP contribution is -2.47. The first kappa shape index (κ1) is 23.9. The second kappa shape index (κ2) is 10.2. The van der Waals surface area contributed by atoms with Crippen LogP contribution in [0, 0.1) is 0 Å². The van der Waals surface area contributed by atoms with E-state index in [2.05, 4.69) is 10.2 Å². The summed E-state index contributed by atoms with van der Waals surface area (Å²) in [5, 5.41) is 2.77. The molecule has 0 spiro atoms. The lowest BCUT2D eigenvalue weighted by molar-refractivity contribution is 0.0772. The highest BCUT2D eigenvalue weighted by Gasteiger charge is 2.28. The van der Waals surface area contributed by atoms with Gasteiger partial charge in [0.25, 0.3) is 11.8 Å². The fraction of sp³-hybridized carbons (Fsp3) is 0.391. The second-order valence-corrected chi connectivity index (χ2v) is 9.69. The predicted molar refractivity (Wildman–Crippen MR) is 124 cm³/mol. The Morgan fingerprint density at radius 1 is 0.938 bits per heavy atom. The lowest BCUT2D eigenvalue weighted by atomic mass is 10.1. The van der Waals surface area contributed by atoms with Gasteiger partial charge in [-0.25, -0.2) is 8.42 Å². The number of anilines is 1. The second-order valence-electron chi connectivity index (χ2n) is 7.75. The first-order chi connectivity index (χ1) is 15.3. The Labute approximate surface area is 189 Å². The van der Waals surface area contributed by atoms with Crippen molar-refractivity contribution in [1.29, 1.82) is 0 Å². The van der Waals surface area contributed by atoms with Crippen molar-refractivity contribution in [3.05, 3.63) is 59.7 Å². The normalized spacial score (nSPS) is 15.3. The van der Waals surface area contributed by atoms with Gasteiger partial charge in [0.1, 0.15) is 0 Å². The zero-order valence-corrected chi connectivity index (χ0v) is 19.6. The van der Waals surface area contributed by atoms with Crippen LogP contribution in [0.5, 0.6) is 0 Å². The Kier molecular flexibility index (Phi) is 7.65. The van der Waals surface area contributed by atoms with Crippen LogP contribution < -0.4 is 5.32 Å². The molecule has 2 aromatic carbocycles. The third-order valence-electron chi connectivity index (χ3n) is 5.61. The quantitative estimate of drug-likeness (QED) is 0.688. The van der Waals surface area contributed by atoms with E-state index in [0.717, 1.165) is 0 Å². The number of carbonyl (C=O) groups excluding carboxylic acids is 2. The van der Waals surface area contributed by atoms with Gasteiger partial charge in [-0.2, -0.15) is 4.31 Å². The van der Waals surface area contributed by atoms with Crippen LogP contribution in [0.1, 0.15) is 34.6 Å². The largest absolute Gasteiger partial charge is 0.339 e. The SMILES string of the molecule is CCN(CC)C(=O)c1cccc(NC(=O)c2cccc(S(=O)(=O)N3CCN(C)CC3)c2)c1. The Bertz CT molecular complexity index is 1070. The smallest absolute Gasteiger partial charge is 0.255 e. The number of sulfonamides is 1. The van der Waals surface area contributed by atoms with E-state index in [4.69, 9.17) is 0 Å². The monoisotopic (exact) mass is 458 g/mol. The third-order valence-corrected chi connectivity index (χ3v) is 7.51. The van der Waals surface area contributed by atoms with E-state index in [9.17, 15) is 18.0 Å². The van der Waals surface area contributed by atoms with E-state index < -0.39 is 15.9 Å². The minimum atomic E-state index is -3.67. The molecule has 1 fully saturated rings. The van der Waals surface area contributed by atoms with Crippen molar-refractivity contribution in [2.45, 2.75) is 18.7 Å². The molecule has 1 saturated heterocycles. The molecule has 0 radical (unpaired) electrons. The topological polar surface area (TPSA) is 90.0 Å². The Hall–Kier alpha value is -2.75. The summed E-state index contributed by atoms with van der Waals surface area (Å²) < 4.78 is 27.5. The van der Waals surface area contributed by atoms with E-state index in [-0.39, 0.29) is 16.4 Å². The summed E-state index contributed by atoms with van der Waals surface area (Å²) in [6, 6.07) is 12.8. The molecule has 9 heteroatoms. The Morgan fingerprint density at radius 2 is 1.56 bits per heavy atom. The van der Waals surface area contributed by atoms with E-state index in [1.165, 1.54) is 16.4 Å². The number of nitrogens with one attached hydrogen (secondary N) is 1. The van der Waals surface area contributed by atoms with E-state index in [0.29, 0.717) is 50.5 Å². The number of amides is 2. The molecule has 2 amide bonds. The van der Waals surface area contributed by atoms with Crippen LogP contribution in [-0.2, 0) is 10.0 Å². The van der Waals surface area contributed by atoms with Crippen molar-refractivity contribution in [2.24, 2.45) is 0 Å². The highest BCUT2D eigenvalue weighted by molar-refractivity contribution is 7.89. The van der Waals surface area contributed by atoms with Gasteiger partial charge in [0.05, 0.1) is 4.90 Å². The van der Waals surface area contributed by atoms with Crippen molar-refractivity contribution in [3.63, 3.8) is 0 Å². The van der Waals surface area contributed by atoms with E-state index in [1.54, 1.807) is 41.3 Å². The molecule has 0 bridgehead atoms. The van der Waals surface area contributed by atoms with Gasteiger partial charge in [-0.3, -0.25) is 9.59 Å². The molecular formula is C23H30N4O4S. The zero-order valence-electron chi connectivity index (χ0n) is 18.7. The van der Waals surface area contributed by atoms with Crippen LogP contribution in [0.25, 0.3) is 0 Å². The summed E-state index contributed by atoms with van der Waals surface area (Å²) in [7, 11) is -1.71. The van der Waals surface area contributed by atoms with E-state index >= 15 is 0 Å². The molecular weight excluding hydrogens is 428 g/mol. The molecule has 32 heavy (non-hydrogen) atoms. The van der Waals surface area contributed by atoms with E-state index in [1.807, 2.05) is 20.9 Å². The van der Waals surface area contributed by atoms with Crippen molar-refractivity contribution in [3.8, 4) is 0 Å². The van der Waals surface area contributed by atoms with Crippen molar-refractivity contribution < 1.29 is 18.0 Å². The number of piperazine rings is 1.